The van der Waals surface area contributed by atoms with Gasteiger partial charge in [-0.25, -0.2) is 8.42 Å². The number of ether oxygens (including phenoxy) is 1. The van der Waals surface area contributed by atoms with E-state index in [0.29, 0.717) is 23.2 Å². The number of thiol groups is 1. The zero-order valence-electron chi connectivity index (χ0n) is 10.8. The standard InChI is InChI=1S/C13H20O3S2/c1-11(8-10-17)7-9-16-12-3-5-13(6-4-12)18(2,14)15/h3-6,11,17H,7-10H2,1-2H3. The van der Waals surface area contributed by atoms with Crippen molar-refractivity contribution in [3.05, 3.63) is 24.3 Å². The van der Waals surface area contributed by atoms with Crippen molar-refractivity contribution >= 4 is 22.5 Å². The van der Waals surface area contributed by atoms with Gasteiger partial charge in [-0.05, 0) is 48.8 Å². The highest BCUT2D eigenvalue weighted by atomic mass is 32.2. The third-order valence-corrected chi connectivity index (χ3v) is 4.14. The molecule has 0 fully saturated rings. The van der Waals surface area contributed by atoms with E-state index in [0.717, 1.165) is 18.6 Å². The molecule has 1 unspecified atom stereocenters. The first-order valence-electron chi connectivity index (χ1n) is 5.97. The second-order valence-electron chi connectivity index (χ2n) is 4.50. The molecule has 1 atom stereocenters. The van der Waals surface area contributed by atoms with E-state index in [9.17, 15) is 8.42 Å². The van der Waals surface area contributed by atoms with Gasteiger partial charge >= 0.3 is 0 Å². The first kappa shape index (κ1) is 15.4. The lowest BCUT2D eigenvalue weighted by molar-refractivity contribution is 0.282. The second-order valence-corrected chi connectivity index (χ2v) is 6.96. The van der Waals surface area contributed by atoms with Crippen molar-refractivity contribution in [3.8, 4) is 5.75 Å². The van der Waals surface area contributed by atoms with E-state index in [1.165, 1.54) is 6.26 Å². The number of hydrogen-bond acceptors (Lipinski definition) is 4. The molecular formula is C13H20O3S2. The molecule has 0 aliphatic heterocycles. The van der Waals surface area contributed by atoms with Crippen LogP contribution in [0.5, 0.6) is 5.75 Å². The molecule has 0 aromatic heterocycles. The molecule has 1 rings (SSSR count). The summed E-state index contributed by atoms with van der Waals surface area (Å²) in [4.78, 5) is 0.318. The molecule has 0 saturated carbocycles. The van der Waals surface area contributed by atoms with Crippen LogP contribution in [-0.4, -0.2) is 27.0 Å². The van der Waals surface area contributed by atoms with Crippen LogP contribution in [0.3, 0.4) is 0 Å². The van der Waals surface area contributed by atoms with Crippen molar-refractivity contribution in [2.24, 2.45) is 5.92 Å². The fourth-order valence-electron chi connectivity index (χ4n) is 1.53. The molecule has 0 heterocycles. The van der Waals surface area contributed by atoms with E-state index in [1.807, 2.05) is 0 Å². The minimum absolute atomic E-state index is 0.318. The number of benzene rings is 1. The van der Waals surface area contributed by atoms with E-state index in [2.05, 4.69) is 19.6 Å². The zero-order chi connectivity index (χ0) is 13.6. The predicted molar refractivity (Wildman–Crippen MR) is 77.3 cm³/mol. The van der Waals surface area contributed by atoms with Gasteiger partial charge in [0, 0.05) is 6.26 Å². The van der Waals surface area contributed by atoms with Crippen LogP contribution >= 0.6 is 12.6 Å². The number of rotatable bonds is 7. The molecule has 0 saturated heterocycles. The molecule has 0 radical (unpaired) electrons. The predicted octanol–water partition coefficient (Wildman–Crippen LogP) is 2.82. The van der Waals surface area contributed by atoms with E-state index >= 15 is 0 Å². The van der Waals surface area contributed by atoms with Gasteiger partial charge in [0.2, 0.25) is 0 Å². The molecule has 0 bridgehead atoms. The van der Waals surface area contributed by atoms with Crippen LogP contribution in [0.25, 0.3) is 0 Å². The van der Waals surface area contributed by atoms with Gasteiger partial charge in [-0.2, -0.15) is 12.6 Å². The summed E-state index contributed by atoms with van der Waals surface area (Å²) in [5.74, 6) is 2.20. The van der Waals surface area contributed by atoms with Gasteiger partial charge in [0.25, 0.3) is 0 Å². The summed E-state index contributed by atoms with van der Waals surface area (Å²) < 4.78 is 28.1. The second kappa shape index (κ2) is 7.04. The molecule has 18 heavy (non-hydrogen) atoms. The monoisotopic (exact) mass is 288 g/mol. The van der Waals surface area contributed by atoms with Crippen LogP contribution in [0.2, 0.25) is 0 Å². The Bertz CT molecular complexity index is 452. The highest BCUT2D eigenvalue weighted by Gasteiger charge is 2.06. The fourth-order valence-corrected chi connectivity index (χ4v) is 2.60. The highest BCUT2D eigenvalue weighted by Crippen LogP contribution is 2.17. The average molecular weight is 288 g/mol. The summed E-state index contributed by atoms with van der Waals surface area (Å²) in [5.41, 5.74) is 0. The van der Waals surface area contributed by atoms with Crippen molar-refractivity contribution in [2.75, 3.05) is 18.6 Å². The van der Waals surface area contributed by atoms with Gasteiger partial charge in [0.15, 0.2) is 9.84 Å². The van der Waals surface area contributed by atoms with Crippen LogP contribution in [0.15, 0.2) is 29.2 Å². The molecule has 0 spiro atoms. The Hall–Kier alpha value is -0.680. The minimum atomic E-state index is -3.12. The van der Waals surface area contributed by atoms with Crippen molar-refractivity contribution in [1.82, 2.24) is 0 Å². The van der Waals surface area contributed by atoms with Crippen LogP contribution in [0.4, 0.5) is 0 Å². The Morgan fingerprint density at radius 2 is 1.83 bits per heavy atom. The quantitative estimate of drug-likeness (QED) is 0.785. The molecule has 0 N–H and O–H groups in total. The van der Waals surface area contributed by atoms with Gasteiger partial charge < -0.3 is 4.74 Å². The molecule has 3 nitrogen and oxygen atoms in total. The van der Waals surface area contributed by atoms with Crippen LogP contribution in [0, 0.1) is 5.92 Å². The molecule has 5 heteroatoms. The maximum Gasteiger partial charge on any atom is 0.175 e. The molecule has 1 aromatic carbocycles. The Kier molecular flexibility index (Phi) is 6.02. The van der Waals surface area contributed by atoms with E-state index in [1.54, 1.807) is 24.3 Å². The average Bonchev–Trinajstić information content (AvgIpc) is 2.29. The topological polar surface area (TPSA) is 43.4 Å². The summed E-state index contributed by atoms with van der Waals surface area (Å²) in [7, 11) is -3.12. The minimum Gasteiger partial charge on any atom is -0.494 e. The van der Waals surface area contributed by atoms with Gasteiger partial charge in [0.1, 0.15) is 5.75 Å². The van der Waals surface area contributed by atoms with E-state index < -0.39 is 9.84 Å². The maximum absolute atomic E-state index is 11.3. The summed E-state index contributed by atoms with van der Waals surface area (Å²) >= 11 is 4.19. The molecule has 0 aliphatic rings. The number of hydrogen-bond donors (Lipinski definition) is 1. The summed E-state index contributed by atoms with van der Waals surface area (Å²) in [5, 5.41) is 0. The van der Waals surface area contributed by atoms with Crippen LogP contribution in [0.1, 0.15) is 19.8 Å². The normalized spacial score (nSPS) is 13.3. The summed E-state index contributed by atoms with van der Waals surface area (Å²) in [6.07, 6.45) is 3.26. The lowest BCUT2D eigenvalue weighted by Crippen LogP contribution is -2.05. The van der Waals surface area contributed by atoms with Gasteiger partial charge in [0.05, 0.1) is 11.5 Å². The molecule has 0 amide bonds. The first-order valence-corrected chi connectivity index (χ1v) is 8.49. The molecule has 1 aromatic rings. The third-order valence-electron chi connectivity index (χ3n) is 2.75. The smallest absolute Gasteiger partial charge is 0.175 e. The molecule has 102 valence electrons. The number of sulfone groups is 1. The van der Waals surface area contributed by atoms with Crippen molar-refractivity contribution in [1.29, 1.82) is 0 Å². The Morgan fingerprint density at radius 3 is 2.33 bits per heavy atom. The lowest BCUT2D eigenvalue weighted by atomic mass is 10.1. The van der Waals surface area contributed by atoms with Crippen molar-refractivity contribution in [2.45, 2.75) is 24.7 Å². The van der Waals surface area contributed by atoms with Crippen LogP contribution in [-0.2, 0) is 9.84 Å². The van der Waals surface area contributed by atoms with Crippen molar-refractivity contribution < 1.29 is 13.2 Å². The summed E-state index contributed by atoms with van der Waals surface area (Å²) in [6, 6.07) is 6.53. The van der Waals surface area contributed by atoms with Crippen molar-refractivity contribution in [3.63, 3.8) is 0 Å². The highest BCUT2D eigenvalue weighted by molar-refractivity contribution is 7.90. The molecule has 0 aliphatic carbocycles. The lowest BCUT2D eigenvalue weighted by Gasteiger charge is -2.11. The van der Waals surface area contributed by atoms with Gasteiger partial charge in [-0.15, -0.1) is 0 Å². The zero-order valence-corrected chi connectivity index (χ0v) is 12.5. The summed E-state index contributed by atoms with van der Waals surface area (Å²) in [6.45, 7) is 2.82. The van der Waals surface area contributed by atoms with Gasteiger partial charge in [-0.1, -0.05) is 6.92 Å². The molecular weight excluding hydrogens is 268 g/mol. The van der Waals surface area contributed by atoms with Gasteiger partial charge in [-0.3, -0.25) is 0 Å². The Morgan fingerprint density at radius 1 is 1.22 bits per heavy atom. The first-order chi connectivity index (χ1) is 8.43. The van der Waals surface area contributed by atoms with E-state index in [-0.39, 0.29) is 0 Å². The Labute approximate surface area is 115 Å². The third kappa shape index (κ3) is 5.31. The SMILES string of the molecule is CC(CCS)CCOc1ccc(S(C)(=O)=O)cc1. The largest absolute Gasteiger partial charge is 0.494 e. The Balaban J connectivity index is 2.45. The maximum atomic E-state index is 11.3. The fraction of sp³-hybridized carbons (Fsp3) is 0.538. The van der Waals surface area contributed by atoms with E-state index in [4.69, 9.17) is 4.74 Å². The van der Waals surface area contributed by atoms with Crippen LogP contribution < -0.4 is 4.74 Å².